The normalized spacial score (nSPS) is 15.7. The Hall–Kier alpha value is -2.95. The Morgan fingerprint density at radius 1 is 1.12 bits per heavy atom. The Kier molecular flexibility index (Phi) is 4.07. The van der Waals surface area contributed by atoms with E-state index in [1.165, 1.54) is 5.56 Å². The molecule has 26 heavy (non-hydrogen) atoms. The van der Waals surface area contributed by atoms with Crippen LogP contribution in [0, 0.1) is 0 Å². The number of para-hydroxylation sites is 1. The molecule has 2 aromatic carbocycles. The van der Waals surface area contributed by atoms with Crippen molar-refractivity contribution in [3.05, 3.63) is 59.3 Å². The van der Waals surface area contributed by atoms with Gasteiger partial charge in [0, 0.05) is 18.0 Å². The fourth-order valence-electron chi connectivity index (χ4n) is 3.82. The number of carbonyl (C=O) groups is 1. The molecule has 1 N–H and O–H groups in total. The molecule has 1 aliphatic carbocycles. The van der Waals surface area contributed by atoms with Gasteiger partial charge in [-0.2, -0.15) is 0 Å². The number of fused-ring (bicyclic) bond motifs is 2. The molecule has 0 bridgehead atoms. The molecule has 1 amide bonds. The molecule has 1 atom stereocenters. The summed E-state index contributed by atoms with van der Waals surface area (Å²) in [4.78, 5) is 12.9. The smallest absolute Gasteiger partial charge is 0.268 e. The number of methoxy groups -OCH3 is 2. The summed E-state index contributed by atoms with van der Waals surface area (Å²) in [5, 5.41) is 4.25. The molecule has 3 aromatic rings. The Labute approximate surface area is 152 Å². The van der Waals surface area contributed by atoms with E-state index in [2.05, 4.69) is 5.32 Å². The van der Waals surface area contributed by atoms with Crippen molar-refractivity contribution >= 4 is 16.8 Å². The van der Waals surface area contributed by atoms with E-state index in [0.717, 1.165) is 35.1 Å². The van der Waals surface area contributed by atoms with E-state index in [1.807, 2.05) is 54.1 Å². The van der Waals surface area contributed by atoms with Crippen molar-refractivity contribution in [1.29, 1.82) is 0 Å². The zero-order valence-corrected chi connectivity index (χ0v) is 15.2. The molecular weight excluding hydrogens is 328 g/mol. The van der Waals surface area contributed by atoms with Gasteiger partial charge in [-0.3, -0.25) is 4.79 Å². The zero-order chi connectivity index (χ0) is 18.3. The molecule has 4 rings (SSSR count). The molecule has 0 fully saturated rings. The van der Waals surface area contributed by atoms with E-state index >= 15 is 0 Å². The third kappa shape index (κ3) is 2.60. The van der Waals surface area contributed by atoms with Crippen LogP contribution in [0.3, 0.4) is 0 Å². The summed E-state index contributed by atoms with van der Waals surface area (Å²) in [6, 6.07) is 13.9. The lowest BCUT2D eigenvalue weighted by Crippen LogP contribution is -2.28. The lowest BCUT2D eigenvalue weighted by Gasteiger charge is -2.16. The first-order valence-corrected chi connectivity index (χ1v) is 8.72. The summed E-state index contributed by atoms with van der Waals surface area (Å²) in [5.41, 5.74) is 4.02. The van der Waals surface area contributed by atoms with Crippen molar-refractivity contribution in [3.8, 4) is 11.5 Å². The van der Waals surface area contributed by atoms with Crippen LogP contribution in [-0.4, -0.2) is 24.7 Å². The molecule has 0 saturated heterocycles. The van der Waals surface area contributed by atoms with Gasteiger partial charge in [-0.15, -0.1) is 0 Å². The largest absolute Gasteiger partial charge is 0.493 e. The number of nitrogens with zero attached hydrogens (tertiary/aromatic N) is 1. The highest BCUT2D eigenvalue weighted by atomic mass is 16.5. The molecule has 1 aromatic heterocycles. The number of aryl methyl sites for hydroxylation is 2. The van der Waals surface area contributed by atoms with Crippen molar-refractivity contribution in [2.24, 2.45) is 7.05 Å². The minimum absolute atomic E-state index is 0.0182. The van der Waals surface area contributed by atoms with Crippen molar-refractivity contribution in [2.45, 2.75) is 18.9 Å². The molecule has 0 unspecified atom stereocenters. The van der Waals surface area contributed by atoms with E-state index in [4.69, 9.17) is 9.47 Å². The second-order valence-corrected chi connectivity index (χ2v) is 6.62. The first kappa shape index (κ1) is 16.5. The SMILES string of the molecule is COc1cc2c(cc1OC)[C@@H](NC(=O)c1cc3ccccc3n1C)CC2. The van der Waals surface area contributed by atoms with Gasteiger partial charge in [0.2, 0.25) is 0 Å². The number of rotatable bonds is 4. The molecule has 5 heteroatoms. The molecule has 134 valence electrons. The highest BCUT2D eigenvalue weighted by molar-refractivity contribution is 5.99. The number of aromatic nitrogens is 1. The van der Waals surface area contributed by atoms with Crippen molar-refractivity contribution in [3.63, 3.8) is 0 Å². The first-order chi connectivity index (χ1) is 12.6. The third-order valence-electron chi connectivity index (χ3n) is 5.21. The van der Waals surface area contributed by atoms with Crippen LogP contribution < -0.4 is 14.8 Å². The number of nitrogens with one attached hydrogen (secondary N) is 1. The molecule has 1 aliphatic rings. The van der Waals surface area contributed by atoms with Gasteiger partial charge in [-0.05, 0) is 48.2 Å². The van der Waals surface area contributed by atoms with Crippen molar-refractivity contribution < 1.29 is 14.3 Å². The lowest BCUT2D eigenvalue weighted by atomic mass is 10.1. The van der Waals surface area contributed by atoms with E-state index in [1.54, 1.807) is 14.2 Å². The van der Waals surface area contributed by atoms with E-state index < -0.39 is 0 Å². The maximum absolute atomic E-state index is 12.9. The molecule has 1 heterocycles. The van der Waals surface area contributed by atoms with Crippen LogP contribution in [0.25, 0.3) is 10.9 Å². The standard InChI is InChI=1S/C21H22N2O3/c1-23-17-7-5-4-6-14(17)10-18(23)21(24)22-16-9-8-13-11-19(25-2)20(26-3)12-15(13)16/h4-7,10-12,16H,8-9H2,1-3H3,(H,22,24)/t16-/m0/s1. The predicted molar refractivity (Wildman–Crippen MR) is 101 cm³/mol. The van der Waals surface area contributed by atoms with Gasteiger partial charge in [0.1, 0.15) is 5.69 Å². The van der Waals surface area contributed by atoms with Crippen LogP contribution in [0.4, 0.5) is 0 Å². The summed E-state index contributed by atoms with van der Waals surface area (Å²) in [6.07, 6.45) is 1.79. The van der Waals surface area contributed by atoms with E-state index in [0.29, 0.717) is 11.4 Å². The summed E-state index contributed by atoms with van der Waals surface area (Å²) in [5.74, 6) is 1.36. The maximum atomic E-state index is 12.9. The highest BCUT2D eigenvalue weighted by Gasteiger charge is 2.27. The van der Waals surface area contributed by atoms with Crippen LogP contribution in [0.2, 0.25) is 0 Å². The predicted octanol–water partition coefficient (Wildman–Crippen LogP) is 3.61. The van der Waals surface area contributed by atoms with Crippen molar-refractivity contribution in [2.75, 3.05) is 14.2 Å². The quantitative estimate of drug-likeness (QED) is 0.782. The minimum Gasteiger partial charge on any atom is -0.493 e. The third-order valence-corrected chi connectivity index (χ3v) is 5.21. The fourth-order valence-corrected chi connectivity index (χ4v) is 3.82. The average Bonchev–Trinajstić information content (AvgIpc) is 3.21. The Balaban J connectivity index is 1.63. The number of amides is 1. The molecule has 0 aliphatic heterocycles. The first-order valence-electron chi connectivity index (χ1n) is 8.72. The molecular formula is C21H22N2O3. The maximum Gasteiger partial charge on any atom is 0.268 e. The summed E-state index contributed by atoms with van der Waals surface area (Å²) < 4.78 is 12.7. The molecule has 0 saturated carbocycles. The average molecular weight is 350 g/mol. The van der Waals surface area contributed by atoms with Gasteiger partial charge in [0.15, 0.2) is 11.5 Å². The van der Waals surface area contributed by atoms with E-state index in [9.17, 15) is 4.79 Å². The second-order valence-electron chi connectivity index (χ2n) is 6.62. The molecule has 0 spiro atoms. The van der Waals surface area contributed by atoms with Crippen LogP contribution in [0.1, 0.15) is 34.1 Å². The topological polar surface area (TPSA) is 52.5 Å². The second kappa shape index (κ2) is 6.41. The van der Waals surface area contributed by atoms with Gasteiger partial charge in [0.25, 0.3) is 5.91 Å². The summed E-state index contributed by atoms with van der Waals surface area (Å²) >= 11 is 0. The van der Waals surface area contributed by atoms with E-state index in [-0.39, 0.29) is 11.9 Å². The molecule has 5 nitrogen and oxygen atoms in total. The van der Waals surface area contributed by atoms with Crippen LogP contribution in [0.15, 0.2) is 42.5 Å². The number of ether oxygens (including phenoxy) is 2. The zero-order valence-electron chi connectivity index (χ0n) is 15.2. The lowest BCUT2D eigenvalue weighted by molar-refractivity contribution is 0.0929. The monoisotopic (exact) mass is 350 g/mol. The van der Waals surface area contributed by atoms with Gasteiger partial charge < -0.3 is 19.4 Å². The summed E-state index contributed by atoms with van der Waals surface area (Å²) in [6.45, 7) is 0. The Morgan fingerprint density at radius 3 is 2.58 bits per heavy atom. The van der Waals surface area contributed by atoms with Crippen LogP contribution >= 0.6 is 0 Å². The number of hydrogen-bond donors (Lipinski definition) is 1. The number of hydrogen-bond acceptors (Lipinski definition) is 3. The van der Waals surface area contributed by atoms with Gasteiger partial charge in [0.05, 0.1) is 20.3 Å². The van der Waals surface area contributed by atoms with Crippen molar-refractivity contribution in [1.82, 2.24) is 9.88 Å². The summed E-state index contributed by atoms with van der Waals surface area (Å²) in [7, 11) is 5.19. The number of benzene rings is 2. The molecule has 0 radical (unpaired) electrons. The Morgan fingerprint density at radius 2 is 1.85 bits per heavy atom. The van der Waals surface area contributed by atoms with Gasteiger partial charge in [-0.25, -0.2) is 0 Å². The minimum atomic E-state index is -0.0589. The fraction of sp³-hybridized carbons (Fsp3) is 0.286. The number of carbonyl (C=O) groups excluding carboxylic acids is 1. The van der Waals surface area contributed by atoms with Gasteiger partial charge >= 0.3 is 0 Å². The van der Waals surface area contributed by atoms with Crippen LogP contribution in [-0.2, 0) is 13.5 Å². The highest BCUT2D eigenvalue weighted by Crippen LogP contribution is 2.39. The Bertz CT molecular complexity index is 990. The van der Waals surface area contributed by atoms with Crippen LogP contribution in [0.5, 0.6) is 11.5 Å². The van der Waals surface area contributed by atoms with Gasteiger partial charge in [-0.1, -0.05) is 18.2 Å².